The quantitative estimate of drug-likeness (QED) is 0.890. The molecule has 1 atom stereocenters. The monoisotopic (exact) mass is 291 g/mol. The lowest BCUT2D eigenvalue weighted by Crippen LogP contribution is -2.46. The lowest BCUT2D eigenvalue weighted by molar-refractivity contribution is -0.144. The summed E-state index contributed by atoms with van der Waals surface area (Å²) in [4.78, 5) is 11.6. The number of halogens is 2. The molecule has 0 radical (unpaired) electrons. The number of hydrogen-bond acceptors (Lipinski definition) is 2. The molecule has 2 aromatic carbocycles. The highest BCUT2D eigenvalue weighted by molar-refractivity contribution is 5.80. The normalized spacial score (nSPS) is 13.7. The Morgan fingerprint density at radius 1 is 1.19 bits per heavy atom. The number of carbonyl (C=O) groups is 1. The third-order valence-electron chi connectivity index (χ3n) is 3.39. The summed E-state index contributed by atoms with van der Waals surface area (Å²) < 4.78 is 26.9. The first-order chi connectivity index (χ1) is 9.93. The van der Waals surface area contributed by atoms with Crippen LogP contribution in [-0.2, 0) is 16.9 Å². The molecule has 1 unspecified atom stereocenters. The third kappa shape index (κ3) is 3.25. The fourth-order valence-corrected chi connectivity index (χ4v) is 2.06. The first-order valence-electron chi connectivity index (χ1n) is 6.41. The van der Waals surface area contributed by atoms with Crippen LogP contribution in [0, 0.1) is 11.6 Å². The van der Waals surface area contributed by atoms with Crippen LogP contribution in [0.2, 0.25) is 0 Å². The minimum Gasteiger partial charge on any atom is -0.480 e. The molecule has 0 saturated heterocycles. The van der Waals surface area contributed by atoms with E-state index in [1.807, 2.05) is 30.3 Å². The second-order valence-electron chi connectivity index (χ2n) is 4.89. The van der Waals surface area contributed by atoms with Gasteiger partial charge in [0.15, 0.2) is 0 Å². The zero-order chi connectivity index (χ0) is 15.5. The summed E-state index contributed by atoms with van der Waals surface area (Å²) in [5.41, 5.74) is -0.881. The van der Waals surface area contributed by atoms with Crippen LogP contribution in [0.4, 0.5) is 8.78 Å². The van der Waals surface area contributed by atoms with Gasteiger partial charge in [-0.2, -0.15) is 0 Å². The van der Waals surface area contributed by atoms with E-state index in [1.54, 1.807) is 0 Å². The summed E-state index contributed by atoms with van der Waals surface area (Å²) in [5.74, 6) is -2.86. The molecule has 2 rings (SSSR count). The number of carboxylic acids is 1. The molecular formula is C16H15F2NO2. The maximum atomic E-state index is 13.9. The molecule has 0 saturated carbocycles. The van der Waals surface area contributed by atoms with E-state index in [4.69, 9.17) is 0 Å². The highest BCUT2D eigenvalue weighted by Crippen LogP contribution is 2.25. The molecule has 110 valence electrons. The van der Waals surface area contributed by atoms with Crippen molar-refractivity contribution in [2.45, 2.75) is 19.0 Å². The second-order valence-corrected chi connectivity index (χ2v) is 4.89. The van der Waals surface area contributed by atoms with E-state index in [-0.39, 0.29) is 12.1 Å². The molecule has 0 bridgehead atoms. The number of rotatable bonds is 5. The molecule has 0 amide bonds. The standard InChI is InChI=1S/C16H15F2NO2/c1-16(15(20)21,13-8-7-12(17)9-14(13)18)19-10-11-5-3-2-4-6-11/h2-9,19H,10H2,1H3,(H,20,21). The Balaban J connectivity index is 2.30. The topological polar surface area (TPSA) is 49.3 Å². The van der Waals surface area contributed by atoms with Crippen LogP contribution in [0.3, 0.4) is 0 Å². The average Bonchev–Trinajstić information content (AvgIpc) is 2.45. The van der Waals surface area contributed by atoms with Crippen LogP contribution in [0.25, 0.3) is 0 Å². The molecule has 0 aliphatic rings. The van der Waals surface area contributed by atoms with Crippen molar-refractivity contribution in [2.75, 3.05) is 0 Å². The van der Waals surface area contributed by atoms with Gasteiger partial charge >= 0.3 is 5.97 Å². The smallest absolute Gasteiger partial charge is 0.328 e. The number of hydrogen-bond donors (Lipinski definition) is 2. The van der Waals surface area contributed by atoms with E-state index in [0.717, 1.165) is 17.7 Å². The number of aliphatic carboxylic acids is 1. The van der Waals surface area contributed by atoms with E-state index in [9.17, 15) is 18.7 Å². The summed E-state index contributed by atoms with van der Waals surface area (Å²) in [6, 6.07) is 12.0. The first-order valence-corrected chi connectivity index (χ1v) is 6.41. The molecule has 0 aromatic heterocycles. The fourth-order valence-electron chi connectivity index (χ4n) is 2.06. The van der Waals surface area contributed by atoms with Crippen molar-refractivity contribution in [1.29, 1.82) is 0 Å². The molecule has 0 aliphatic heterocycles. The van der Waals surface area contributed by atoms with Gasteiger partial charge in [0.1, 0.15) is 17.2 Å². The average molecular weight is 291 g/mol. The summed E-state index contributed by atoms with van der Waals surface area (Å²) in [6.45, 7) is 1.61. The molecule has 0 spiro atoms. The zero-order valence-corrected chi connectivity index (χ0v) is 11.4. The van der Waals surface area contributed by atoms with Gasteiger partial charge < -0.3 is 5.11 Å². The van der Waals surface area contributed by atoms with Gasteiger partial charge in [-0.25, -0.2) is 13.6 Å². The number of nitrogens with one attached hydrogen (secondary N) is 1. The summed E-state index contributed by atoms with van der Waals surface area (Å²) in [5, 5.41) is 12.3. The lowest BCUT2D eigenvalue weighted by Gasteiger charge is -2.27. The van der Waals surface area contributed by atoms with Gasteiger partial charge in [0.25, 0.3) is 0 Å². The Bertz CT molecular complexity index is 646. The van der Waals surface area contributed by atoms with E-state index < -0.39 is 23.1 Å². The number of carboxylic acid groups (broad SMARTS) is 1. The highest BCUT2D eigenvalue weighted by Gasteiger charge is 2.37. The van der Waals surface area contributed by atoms with Gasteiger partial charge in [-0.3, -0.25) is 5.32 Å². The number of benzene rings is 2. The minimum absolute atomic E-state index is 0.104. The molecule has 0 heterocycles. The predicted molar refractivity (Wildman–Crippen MR) is 74.6 cm³/mol. The van der Waals surface area contributed by atoms with E-state index in [2.05, 4.69) is 5.32 Å². The third-order valence-corrected chi connectivity index (χ3v) is 3.39. The van der Waals surface area contributed by atoms with Gasteiger partial charge in [-0.1, -0.05) is 36.4 Å². The molecule has 5 heteroatoms. The first kappa shape index (κ1) is 15.1. The van der Waals surface area contributed by atoms with Gasteiger partial charge in [0, 0.05) is 18.2 Å². The second kappa shape index (κ2) is 6.01. The van der Waals surface area contributed by atoms with E-state index in [1.165, 1.54) is 6.92 Å². The Hall–Kier alpha value is -2.27. The van der Waals surface area contributed by atoms with Gasteiger partial charge in [-0.05, 0) is 18.6 Å². The van der Waals surface area contributed by atoms with Gasteiger partial charge in [-0.15, -0.1) is 0 Å². The van der Waals surface area contributed by atoms with Gasteiger partial charge in [0.05, 0.1) is 0 Å². The van der Waals surface area contributed by atoms with E-state index in [0.29, 0.717) is 6.07 Å². The summed E-state index contributed by atoms with van der Waals surface area (Å²) in [7, 11) is 0. The van der Waals surface area contributed by atoms with Crippen LogP contribution in [0.1, 0.15) is 18.1 Å². The SMILES string of the molecule is CC(NCc1ccccc1)(C(=O)O)c1ccc(F)cc1F. The Morgan fingerprint density at radius 2 is 1.86 bits per heavy atom. The van der Waals surface area contributed by atoms with Crippen LogP contribution in [0.5, 0.6) is 0 Å². The molecule has 3 nitrogen and oxygen atoms in total. The zero-order valence-electron chi connectivity index (χ0n) is 11.4. The lowest BCUT2D eigenvalue weighted by atomic mass is 9.91. The van der Waals surface area contributed by atoms with E-state index >= 15 is 0 Å². The molecule has 0 fully saturated rings. The predicted octanol–water partition coefficient (Wildman–Crippen LogP) is 3.05. The molecule has 21 heavy (non-hydrogen) atoms. The minimum atomic E-state index is -1.65. The van der Waals surface area contributed by atoms with Crippen molar-refractivity contribution in [3.05, 3.63) is 71.3 Å². The van der Waals surface area contributed by atoms with Crippen LogP contribution < -0.4 is 5.32 Å². The van der Waals surface area contributed by atoms with Crippen molar-refractivity contribution in [1.82, 2.24) is 5.32 Å². The van der Waals surface area contributed by atoms with Crippen molar-refractivity contribution in [3.8, 4) is 0 Å². The van der Waals surface area contributed by atoms with Crippen LogP contribution in [-0.4, -0.2) is 11.1 Å². The molecule has 2 aromatic rings. The fraction of sp³-hybridized carbons (Fsp3) is 0.188. The Morgan fingerprint density at radius 3 is 2.43 bits per heavy atom. The Labute approximate surface area is 121 Å². The molecular weight excluding hydrogens is 276 g/mol. The molecule has 0 aliphatic carbocycles. The molecule has 2 N–H and O–H groups in total. The largest absolute Gasteiger partial charge is 0.480 e. The summed E-state index contributed by atoms with van der Waals surface area (Å²) in [6.07, 6.45) is 0. The van der Waals surface area contributed by atoms with Crippen molar-refractivity contribution < 1.29 is 18.7 Å². The van der Waals surface area contributed by atoms with Crippen molar-refractivity contribution in [3.63, 3.8) is 0 Å². The van der Waals surface area contributed by atoms with Gasteiger partial charge in [0.2, 0.25) is 0 Å². The highest BCUT2D eigenvalue weighted by atomic mass is 19.1. The van der Waals surface area contributed by atoms with Crippen molar-refractivity contribution >= 4 is 5.97 Å². The Kier molecular flexibility index (Phi) is 4.33. The maximum Gasteiger partial charge on any atom is 0.328 e. The van der Waals surface area contributed by atoms with Crippen LogP contribution in [0.15, 0.2) is 48.5 Å². The maximum absolute atomic E-state index is 13.9. The summed E-state index contributed by atoms with van der Waals surface area (Å²) >= 11 is 0. The van der Waals surface area contributed by atoms with Crippen molar-refractivity contribution in [2.24, 2.45) is 0 Å². The van der Waals surface area contributed by atoms with Crippen LogP contribution >= 0.6 is 0 Å².